The summed E-state index contributed by atoms with van der Waals surface area (Å²) >= 11 is 0. The van der Waals surface area contributed by atoms with Crippen LogP contribution in [0.4, 0.5) is 4.79 Å². The first-order valence-corrected chi connectivity index (χ1v) is 11.2. The first-order valence-electron chi connectivity index (χ1n) is 11.2. The molecule has 0 N–H and O–H groups in total. The quantitative estimate of drug-likeness (QED) is 0.436. The van der Waals surface area contributed by atoms with E-state index in [1.54, 1.807) is 0 Å². The van der Waals surface area contributed by atoms with Gasteiger partial charge in [0.05, 0.1) is 12.1 Å². The lowest BCUT2D eigenvalue weighted by atomic mass is 9.77. The highest BCUT2D eigenvalue weighted by atomic mass is 16.6. The number of hydrogen-bond donors (Lipinski definition) is 0. The van der Waals surface area contributed by atoms with Crippen molar-refractivity contribution in [1.82, 2.24) is 4.90 Å². The fourth-order valence-corrected chi connectivity index (χ4v) is 4.69. The highest BCUT2D eigenvalue weighted by molar-refractivity contribution is 5.70. The maximum absolute atomic E-state index is 13.1. The molecule has 0 spiro atoms. The zero-order valence-corrected chi connectivity index (χ0v) is 18.0. The van der Waals surface area contributed by atoms with Crippen LogP contribution in [0.1, 0.15) is 35.6 Å². The lowest BCUT2D eigenvalue weighted by molar-refractivity contribution is 0.0325. The molecule has 0 aromatic heterocycles. The minimum Gasteiger partial charge on any atom is -0.489 e. The molecule has 162 valence electrons. The highest BCUT2D eigenvalue weighted by Gasteiger charge is 2.42. The Bertz CT molecular complexity index is 1060. The van der Waals surface area contributed by atoms with Crippen LogP contribution in [0.5, 0.6) is 5.75 Å². The molecule has 0 radical (unpaired) electrons. The third-order valence-electron chi connectivity index (χ3n) is 6.32. The predicted octanol–water partition coefficient (Wildman–Crippen LogP) is 6.29. The molecule has 0 saturated carbocycles. The maximum Gasteiger partial charge on any atom is 0.411 e. The van der Waals surface area contributed by atoms with Crippen molar-refractivity contribution in [3.63, 3.8) is 0 Å². The lowest BCUT2D eigenvalue weighted by Crippen LogP contribution is -2.50. The van der Waals surface area contributed by atoms with Crippen LogP contribution >= 0.6 is 0 Å². The summed E-state index contributed by atoms with van der Waals surface area (Å²) in [4.78, 5) is 15.0. The van der Waals surface area contributed by atoms with Crippen molar-refractivity contribution in [3.8, 4) is 5.75 Å². The Morgan fingerprint density at radius 1 is 0.781 bits per heavy atom. The number of rotatable bonds is 6. The minimum absolute atomic E-state index is 0.00908. The second-order valence-electron chi connectivity index (χ2n) is 8.43. The van der Waals surface area contributed by atoms with Crippen LogP contribution in [0.2, 0.25) is 0 Å². The molecular formula is C28H27NO3. The topological polar surface area (TPSA) is 38.8 Å². The van der Waals surface area contributed by atoms with E-state index in [-0.39, 0.29) is 24.8 Å². The van der Waals surface area contributed by atoms with Gasteiger partial charge < -0.3 is 9.47 Å². The van der Waals surface area contributed by atoms with Gasteiger partial charge in [0, 0.05) is 5.92 Å². The van der Waals surface area contributed by atoms with E-state index in [2.05, 4.69) is 36.4 Å². The standard InChI is InChI=1S/C28H27NO3/c30-28(32-20-22-9-5-2-6-10-22)29-25-15-11-23(12-16-25)27(29)24-13-17-26(18-14-24)31-19-21-7-3-1-4-8-21/h1-11,13-15,17-18,23,25,27H,12,16,19-20H2. The highest BCUT2D eigenvalue weighted by Crippen LogP contribution is 2.44. The molecule has 2 aliphatic heterocycles. The van der Waals surface area contributed by atoms with E-state index >= 15 is 0 Å². The third-order valence-corrected chi connectivity index (χ3v) is 6.32. The van der Waals surface area contributed by atoms with Gasteiger partial charge in [0.25, 0.3) is 0 Å². The van der Waals surface area contributed by atoms with Gasteiger partial charge in [-0.05, 0) is 41.7 Å². The zero-order chi connectivity index (χ0) is 21.8. The Kier molecular flexibility index (Phi) is 5.93. The summed E-state index contributed by atoms with van der Waals surface area (Å²) in [5.41, 5.74) is 3.25. The van der Waals surface area contributed by atoms with Crippen molar-refractivity contribution in [2.45, 2.75) is 38.1 Å². The third kappa shape index (κ3) is 4.40. The van der Waals surface area contributed by atoms with Crippen molar-refractivity contribution in [2.75, 3.05) is 0 Å². The molecule has 1 amide bonds. The van der Waals surface area contributed by atoms with Crippen molar-refractivity contribution >= 4 is 6.09 Å². The fraction of sp³-hybridized carbons (Fsp3) is 0.250. The largest absolute Gasteiger partial charge is 0.489 e. The van der Waals surface area contributed by atoms with Gasteiger partial charge in [-0.25, -0.2) is 4.79 Å². The number of piperidine rings is 1. The summed E-state index contributed by atoms with van der Waals surface area (Å²) in [6.07, 6.45) is 6.24. The fourth-order valence-electron chi connectivity index (χ4n) is 4.69. The van der Waals surface area contributed by atoms with Crippen molar-refractivity contribution < 1.29 is 14.3 Å². The van der Waals surface area contributed by atoms with Gasteiger partial charge in [-0.1, -0.05) is 84.9 Å². The maximum atomic E-state index is 13.1. The van der Waals surface area contributed by atoms with E-state index in [0.717, 1.165) is 35.3 Å². The number of fused-ring (bicyclic) bond motifs is 2. The summed E-state index contributed by atoms with van der Waals surface area (Å²) in [5, 5.41) is 0. The van der Waals surface area contributed by atoms with E-state index in [9.17, 15) is 4.79 Å². The normalized spacial score (nSPS) is 21.4. The molecule has 3 aromatic carbocycles. The summed E-state index contributed by atoms with van der Waals surface area (Å²) in [5.74, 6) is 1.13. The molecule has 1 fully saturated rings. The molecule has 3 aliphatic rings. The average Bonchev–Trinajstić information content (AvgIpc) is 2.88. The van der Waals surface area contributed by atoms with Crippen LogP contribution in [-0.4, -0.2) is 17.0 Å². The summed E-state index contributed by atoms with van der Waals surface area (Å²) < 4.78 is 11.7. The monoisotopic (exact) mass is 425 g/mol. The smallest absolute Gasteiger partial charge is 0.411 e. The number of carbonyl (C=O) groups excluding carboxylic acids is 1. The zero-order valence-electron chi connectivity index (χ0n) is 18.0. The van der Waals surface area contributed by atoms with Crippen LogP contribution < -0.4 is 4.74 Å². The van der Waals surface area contributed by atoms with E-state index in [0.29, 0.717) is 12.5 Å². The molecule has 6 rings (SSSR count). The molecule has 2 bridgehead atoms. The molecule has 4 nitrogen and oxygen atoms in total. The number of carbonyl (C=O) groups is 1. The number of hydrogen-bond acceptors (Lipinski definition) is 3. The molecular weight excluding hydrogens is 398 g/mol. The first-order chi connectivity index (χ1) is 15.8. The van der Waals surface area contributed by atoms with Gasteiger partial charge in [0.1, 0.15) is 19.0 Å². The minimum atomic E-state index is -0.248. The van der Waals surface area contributed by atoms with Crippen LogP contribution in [-0.2, 0) is 18.0 Å². The summed E-state index contributed by atoms with van der Waals surface area (Å²) in [7, 11) is 0. The number of nitrogens with zero attached hydrogens (tertiary/aromatic N) is 1. The summed E-state index contributed by atoms with van der Waals surface area (Å²) in [6.45, 7) is 0.825. The molecule has 3 aromatic rings. The first kappa shape index (κ1) is 20.4. The SMILES string of the molecule is O=C(OCc1ccccc1)N1C2C=CC(CC2)C1c1ccc(OCc2ccccc2)cc1. The van der Waals surface area contributed by atoms with Gasteiger partial charge in [-0.3, -0.25) is 4.90 Å². The Morgan fingerprint density at radius 2 is 1.44 bits per heavy atom. The van der Waals surface area contributed by atoms with Crippen LogP contribution in [0.3, 0.4) is 0 Å². The average molecular weight is 426 g/mol. The van der Waals surface area contributed by atoms with Gasteiger partial charge in [0.15, 0.2) is 0 Å². The molecule has 1 aliphatic carbocycles. The van der Waals surface area contributed by atoms with Crippen molar-refractivity contribution in [3.05, 3.63) is 114 Å². The van der Waals surface area contributed by atoms with Gasteiger partial charge in [-0.2, -0.15) is 0 Å². The molecule has 3 atom stereocenters. The number of amides is 1. The van der Waals surface area contributed by atoms with Gasteiger partial charge in [-0.15, -0.1) is 0 Å². The summed E-state index contributed by atoms with van der Waals surface area (Å²) in [6, 6.07) is 28.2. The molecule has 3 unspecified atom stereocenters. The predicted molar refractivity (Wildman–Crippen MR) is 124 cm³/mol. The Labute approximate surface area is 189 Å². The van der Waals surface area contributed by atoms with E-state index in [4.69, 9.17) is 9.47 Å². The second kappa shape index (κ2) is 9.31. The second-order valence-corrected chi connectivity index (χ2v) is 8.43. The number of ether oxygens (including phenoxy) is 2. The van der Waals surface area contributed by atoms with Crippen molar-refractivity contribution in [1.29, 1.82) is 0 Å². The molecule has 1 saturated heterocycles. The van der Waals surface area contributed by atoms with E-state index < -0.39 is 0 Å². The Hall–Kier alpha value is -3.53. The Balaban J connectivity index is 1.29. The van der Waals surface area contributed by atoms with Crippen LogP contribution in [0, 0.1) is 5.92 Å². The lowest BCUT2D eigenvalue weighted by Gasteiger charge is -2.47. The number of benzene rings is 3. The van der Waals surface area contributed by atoms with Crippen LogP contribution in [0.25, 0.3) is 0 Å². The van der Waals surface area contributed by atoms with E-state index in [1.807, 2.05) is 65.6 Å². The Morgan fingerprint density at radius 3 is 2.06 bits per heavy atom. The van der Waals surface area contributed by atoms with Gasteiger partial charge >= 0.3 is 6.09 Å². The van der Waals surface area contributed by atoms with Gasteiger partial charge in [0.2, 0.25) is 0 Å². The molecule has 2 heterocycles. The van der Waals surface area contributed by atoms with E-state index in [1.165, 1.54) is 0 Å². The van der Waals surface area contributed by atoms with Crippen LogP contribution in [0.15, 0.2) is 97.1 Å². The molecule has 4 heteroatoms. The van der Waals surface area contributed by atoms with Crippen molar-refractivity contribution in [2.24, 2.45) is 5.92 Å². The molecule has 32 heavy (non-hydrogen) atoms.